The maximum absolute atomic E-state index is 12.6. The van der Waals surface area contributed by atoms with E-state index in [0.29, 0.717) is 32.0 Å². The monoisotopic (exact) mass is 334 g/mol. The van der Waals surface area contributed by atoms with E-state index in [1.807, 2.05) is 23.1 Å². The normalized spacial score (nSPS) is 18.8. The Balaban J connectivity index is 1.58. The molecule has 1 aromatic carbocycles. The van der Waals surface area contributed by atoms with Crippen molar-refractivity contribution in [2.75, 3.05) is 40.1 Å². The Morgan fingerprint density at radius 1 is 1.38 bits per heavy atom. The van der Waals surface area contributed by atoms with Crippen LogP contribution in [-0.2, 0) is 16.1 Å². The van der Waals surface area contributed by atoms with Crippen molar-refractivity contribution in [1.29, 1.82) is 0 Å². The van der Waals surface area contributed by atoms with Crippen LogP contribution in [-0.4, -0.2) is 51.0 Å². The second kappa shape index (κ2) is 8.35. The number of benzene rings is 1. The molecule has 2 heterocycles. The molecule has 1 amide bonds. The van der Waals surface area contributed by atoms with E-state index >= 15 is 0 Å². The quantitative estimate of drug-likeness (QED) is 0.785. The van der Waals surface area contributed by atoms with Crippen LogP contribution in [0.2, 0.25) is 0 Å². The van der Waals surface area contributed by atoms with Gasteiger partial charge in [-0.15, -0.1) is 0 Å². The summed E-state index contributed by atoms with van der Waals surface area (Å²) in [6, 6.07) is 5.85. The van der Waals surface area contributed by atoms with Crippen molar-refractivity contribution in [2.24, 2.45) is 5.92 Å². The minimum atomic E-state index is 0.191. The van der Waals surface area contributed by atoms with Crippen LogP contribution in [0.15, 0.2) is 18.2 Å². The summed E-state index contributed by atoms with van der Waals surface area (Å²) in [4.78, 5) is 14.5. The average molecular weight is 334 g/mol. The molecule has 1 atom stereocenters. The number of nitrogens with one attached hydrogen (secondary N) is 1. The summed E-state index contributed by atoms with van der Waals surface area (Å²) in [7, 11) is 1.66. The van der Waals surface area contributed by atoms with Gasteiger partial charge < -0.3 is 24.4 Å². The van der Waals surface area contributed by atoms with Crippen molar-refractivity contribution >= 4 is 5.91 Å². The van der Waals surface area contributed by atoms with Crippen LogP contribution in [0.1, 0.15) is 24.8 Å². The van der Waals surface area contributed by atoms with Gasteiger partial charge in [0.05, 0.1) is 6.61 Å². The molecule has 6 heteroatoms. The van der Waals surface area contributed by atoms with Gasteiger partial charge in [-0.25, -0.2) is 0 Å². The maximum atomic E-state index is 12.6. The van der Waals surface area contributed by atoms with Gasteiger partial charge in [0, 0.05) is 26.6 Å². The Morgan fingerprint density at radius 3 is 3.04 bits per heavy atom. The second-order valence-corrected chi connectivity index (χ2v) is 6.39. The van der Waals surface area contributed by atoms with Gasteiger partial charge in [0.2, 0.25) is 12.7 Å². The van der Waals surface area contributed by atoms with Gasteiger partial charge in [-0.3, -0.25) is 4.79 Å². The van der Waals surface area contributed by atoms with Crippen LogP contribution >= 0.6 is 0 Å². The van der Waals surface area contributed by atoms with Crippen LogP contribution < -0.4 is 14.8 Å². The first-order chi connectivity index (χ1) is 11.8. The van der Waals surface area contributed by atoms with Crippen molar-refractivity contribution in [3.8, 4) is 11.5 Å². The molecule has 2 aliphatic heterocycles. The number of rotatable bonds is 8. The van der Waals surface area contributed by atoms with Crippen molar-refractivity contribution in [2.45, 2.75) is 25.8 Å². The first-order valence-electron chi connectivity index (χ1n) is 8.62. The van der Waals surface area contributed by atoms with E-state index in [2.05, 4.69) is 5.32 Å². The lowest BCUT2D eigenvalue weighted by Gasteiger charge is -2.23. The molecule has 0 spiro atoms. The van der Waals surface area contributed by atoms with Gasteiger partial charge in [-0.2, -0.15) is 0 Å². The summed E-state index contributed by atoms with van der Waals surface area (Å²) in [5.74, 6) is 2.34. The molecule has 1 aromatic rings. The van der Waals surface area contributed by atoms with Crippen molar-refractivity contribution in [3.63, 3.8) is 0 Å². The van der Waals surface area contributed by atoms with Gasteiger partial charge in [0.1, 0.15) is 0 Å². The molecule has 1 fully saturated rings. The van der Waals surface area contributed by atoms with Gasteiger partial charge in [0.25, 0.3) is 0 Å². The fourth-order valence-corrected chi connectivity index (χ4v) is 3.20. The van der Waals surface area contributed by atoms with E-state index in [0.717, 1.165) is 36.6 Å². The van der Waals surface area contributed by atoms with E-state index in [-0.39, 0.29) is 12.7 Å². The van der Waals surface area contributed by atoms with Crippen molar-refractivity contribution in [3.05, 3.63) is 23.8 Å². The topological polar surface area (TPSA) is 60.0 Å². The van der Waals surface area contributed by atoms with Gasteiger partial charge in [-0.05, 0) is 49.5 Å². The first kappa shape index (κ1) is 17.0. The number of carbonyl (C=O) groups excluding carboxylic acids is 1. The molecule has 2 aliphatic rings. The highest BCUT2D eigenvalue weighted by molar-refractivity contribution is 5.76. The highest BCUT2D eigenvalue weighted by Crippen LogP contribution is 2.32. The molecule has 24 heavy (non-hydrogen) atoms. The van der Waals surface area contributed by atoms with Crippen LogP contribution in [0.3, 0.4) is 0 Å². The van der Waals surface area contributed by atoms with Crippen LogP contribution in [0.25, 0.3) is 0 Å². The molecule has 6 nitrogen and oxygen atoms in total. The average Bonchev–Trinajstić information content (AvgIpc) is 3.27. The summed E-state index contributed by atoms with van der Waals surface area (Å²) in [5.41, 5.74) is 1.05. The largest absolute Gasteiger partial charge is 0.454 e. The van der Waals surface area contributed by atoms with Crippen LogP contribution in [0, 0.1) is 5.92 Å². The Bertz CT molecular complexity index is 558. The molecule has 0 saturated carbocycles. The molecule has 0 aromatic heterocycles. The lowest BCUT2D eigenvalue weighted by atomic mass is 10.0. The van der Waals surface area contributed by atoms with Gasteiger partial charge in [0.15, 0.2) is 11.5 Å². The minimum Gasteiger partial charge on any atom is -0.454 e. The fraction of sp³-hybridized carbons (Fsp3) is 0.611. The molecular weight excluding hydrogens is 308 g/mol. The fourth-order valence-electron chi connectivity index (χ4n) is 3.20. The number of nitrogens with zero attached hydrogens (tertiary/aromatic N) is 1. The van der Waals surface area contributed by atoms with Gasteiger partial charge >= 0.3 is 0 Å². The van der Waals surface area contributed by atoms with E-state index in [1.165, 1.54) is 6.42 Å². The summed E-state index contributed by atoms with van der Waals surface area (Å²) in [5, 5.41) is 3.35. The van der Waals surface area contributed by atoms with E-state index in [9.17, 15) is 4.79 Å². The van der Waals surface area contributed by atoms with Gasteiger partial charge in [-0.1, -0.05) is 6.07 Å². The first-order valence-corrected chi connectivity index (χ1v) is 8.62. The molecule has 1 N–H and O–H groups in total. The molecule has 0 aliphatic carbocycles. The predicted molar refractivity (Wildman–Crippen MR) is 90.1 cm³/mol. The third-order valence-corrected chi connectivity index (χ3v) is 4.66. The predicted octanol–water partition coefficient (Wildman–Crippen LogP) is 1.78. The zero-order valence-electron chi connectivity index (χ0n) is 14.3. The van der Waals surface area contributed by atoms with Crippen LogP contribution in [0.5, 0.6) is 11.5 Å². The third-order valence-electron chi connectivity index (χ3n) is 4.66. The lowest BCUT2D eigenvalue weighted by molar-refractivity contribution is -0.132. The Morgan fingerprint density at radius 2 is 2.25 bits per heavy atom. The molecule has 0 radical (unpaired) electrons. The number of fused-ring (bicyclic) bond motifs is 1. The summed E-state index contributed by atoms with van der Waals surface area (Å²) in [6.45, 7) is 4.09. The number of hydrogen-bond acceptors (Lipinski definition) is 5. The van der Waals surface area contributed by atoms with Crippen molar-refractivity contribution in [1.82, 2.24) is 10.2 Å². The van der Waals surface area contributed by atoms with Crippen LogP contribution in [0.4, 0.5) is 0 Å². The highest BCUT2D eigenvalue weighted by atomic mass is 16.7. The number of carbonyl (C=O) groups is 1. The SMILES string of the molecule is COCCN(Cc1ccc2c(c1)OCO2)C(=O)CCC1CCNC1. The Hall–Kier alpha value is -1.79. The summed E-state index contributed by atoms with van der Waals surface area (Å²) < 4.78 is 15.9. The lowest BCUT2D eigenvalue weighted by Crippen LogP contribution is -2.33. The third kappa shape index (κ3) is 4.39. The van der Waals surface area contributed by atoms with E-state index in [1.54, 1.807) is 7.11 Å². The number of hydrogen-bond donors (Lipinski definition) is 1. The standard InChI is InChI=1S/C18H26N2O4/c1-22-9-8-20(18(21)5-3-14-6-7-19-11-14)12-15-2-4-16-17(10-15)24-13-23-16/h2,4,10,14,19H,3,5-9,11-13H2,1H3. The number of amides is 1. The van der Waals surface area contributed by atoms with E-state index in [4.69, 9.17) is 14.2 Å². The Labute approximate surface area is 143 Å². The molecule has 3 rings (SSSR count). The zero-order valence-corrected chi connectivity index (χ0v) is 14.3. The molecule has 132 valence electrons. The summed E-state index contributed by atoms with van der Waals surface area (Å²) >= 11 is 0. The zero-order chi connectivity index (χ0) is 16.8. The smallest absolute Gasteiger partial charge is 0.231 e. The number of ether oxygens (including phenoxy) is 3. The second-order valence-electron chi connectivity index (χ2n) is 6.39. The number of methoxy groups -OCH3 is 1. The molecule has 0 bridgehead atoms. The molecule has 1 saturated heterocycles. The Kier molecular flexibility index (Phi) is 5.93. The van der Waals surface area contributed by atoms with Crippen molar-refractivity contribution < 1.29 is 19.0 Å². The highest BCUT2D eigenvalue weighted by Gasteiger charge is 2.20. The maximum Gasteiger partial charge on any atom is 0.231 e. The van der Waals surface area contributed by atoms with E-state index < -0.39 is 0 Å². The minimum absolute atomic E-state index is 0.191. The summed E-state index contributed by atoms with van der Waals surface area (Å²) in [6.07, 6.45) is 2.73. The molecule has 1 unspecified atom stereocenters. The molecular formula is C18H26N2O4.